The van der Waals surface area contributed by atoms with E-state index >= 15 is 0 Å². The molecule has 4 rings (SSSR count). The first kappa shape index (κ1) is 20.4. The van der Waals surface area contributed by atoms with Crippen LogP contribution in [0.3, 0.4) is 0 Å². The number of anilines is 1. The van der Waals surface area contributed by atoms with Crippen molar-refractivity contribution in [1.82, 2.24) is 4.90 Å². The van der Waals surface area contributed by atoms with Gasteiger partial charge in [0.25, 0.3) is 11.6 Å². The number of hydrogen-bond donors (Lipinski definition) is 1. The molecular formula is C22H27N3O5. The second kappa shape index (κ2) is 8.47. The van der Waals surface area contributed by atoms with Crippen molar-refractivity contribution in [3.05, 3.63) is 57.5 Å². The Kier molecular flexibility index (Phi) is 5.76. The number of methoxy groups -OCH3 is 1. The molecule has 0 saturated heterocycles. The SMILES string of the molecule is COCCNc1ccc(C(=O)N(Cc2ccc(C3CC3C)o2)C2CC2)cc1[N+](=O)[O-]. The summed E-state index contributed by atoms with van der Waals surface area (Å²) in [6.07, 6.45) is 3.03. The van der Waals surface area contributed by atoms with Crippen LogP contribution in [0.15, 0.2) is 34.7 Å². The number of carbonyl (C=O) groups is 1. The van der Waals surface area contributed by atoms with Crippen LogP contribution in [0.25, 0.3) is 0 Å². The minimum atomic E-state index is -0.469. The summed E-state index contributed by atoms with van der Waals surface area (Å²) in [5.74, 6) is 2.69. The molecule has 0 spiro atoms. The minimum Gasteiger partial charge on any atom is -0.464 e. The molecule has 30 heavy (non-hydrogen) atoms. The molecule has 160 valence electrons. The summed E-state index contributed by atoms with van der Waals surface area (Å²) in [5, 5.41) is 14.5. The van der Waals surface area contributed by atoms with Crippen LogP contribution in [0.5, 0.6) is 0 Å². The zero-order chi connectivity index (χ0) is 21.3. The first-order valence-electron chi connectivity index (χ1n) is 10.4. The molecule has 8 heteroatoms. The molecule has 2 aliphatic carbocycles. The van der Waals surface area contributed by atoms with E-state index < -0.39 is 4.92 Å². The largest absolute Gasteiger partial charge is 0.464 e. The van der Waals surface area contributed by atoms with Crippen LogP contribution in [-0.4, -0.2) is 42.0 Å². The van der Waals surface area contributed by atoms with Crippen molar-refractivity contribution < 1.29 is 18.9 Å². The number of amides is 1. The van der Waals surface area contributed by atoms with E-state index in [4.69, 9.17) is 9.15 Å². The highest BCUT2D eigenvalue weighted by Crippen LogP contribution is 2.47. The van der Waals surface area contributed by atoms with E-state index in [0.717, 1.165) is 30.8 Å². The van der Waals surface area contributed by atoms with Gasteiger partial charge in [-0.05, 0) is 49.4 Å². The van der Waals surface area contributed by atoms with Gasteiger partial charge in [-0.1, -0.05) is 6.92 Å². The molecule has 2 unspecified atom stereocenters. The van der Waals surface area contributed by atoms with Crippen molar-refractivity contribution in [2.45, 2.75) is 44.7 Å². The van der Waals surface area contributed by atoms with Crippen molar-refractivity contribution in [1.29, 1.82) is 0 Å². The predicted molar refractivity (Wildman–Crippen MR) is 112 cm³/mol. The summed E-state index contributed by atoms with van der Waals surface area (Å²) in [6, 6.07) is 8.68. The van der Waals surface area contributed by atoms with Gasteiger partial charge in [-0.3, -0.25) is 14.9 Å². The third-order valence-corrected chi connectivity index (χ3v) is 5.80. The number of nitrogens with one attached hydrogen (secondary N) is 1. The van der Waals surface area contributed by atoms with E-state index in [1.54, 1.807) is 24.1 Å². The zero-order valence-corrected chi connectivity index (χ0v) is 17.3. The maximum absolute atomic E-state index is 13.2. The summed E-state index contributed by atoms with van der Waals surface area (Å²) in [7, 11) is 1.57. The van der Waals surface area contributed by atoms with E-state index in [9.17, 15) is 14.9 Å². The van der Waals surface area contributed by atoms with Crippen molar-refractivity contribution in [2.75, 3.05) is 25.6 Å². The Bertz CT molecular complexity index is 937. The smallest absolute Gasteiger partial charge is 0.293 e. The van der Waals surface area contributed by atoms with Crippen molar-refractivity contribution in [2.24, 2.45) is 5.92 Å². The summed E-state index contributed by atoms with van der Waals surface area (Å²) in [4.78, 5) is 26.0. The van der Waals surface area contributed by atoms with Crippen molar-refractivity contribution in [3.63, 3.8) is 0 Å². The average molecular weight is 413 g/mol. The quantitative estimate of drug-likeness (QED) is 0.357. The Labute approximate surface area is 175 Å². The second-order valence-electron chi connectivity index (χ2n) is 8.20. The molecule has 0 radical (unpaired) electrons. The molecule has 1 aromatic carbocycles. The van der Waals surface area contributed by atoms with E-state index in [0.29, 0.717) is 42.8 Å². The Balaban J connectivity index is 1.51. The number of carbonyl (C=O) groups excluding carboxylic acids is 1. The number of benzene rings is 1. The number of ether oxygens (including phenoxy) is 1. The maximum atomic E-state index is 13.2. The summed E-state index contributed by atoms with van der Waals surface area (Å²) in [6.45, 7) is 3.46. The Morgan fingerprint density at radius 2 is 2.10 bits per heavy atom. The lowest BCUT2D eigenvalue weighted by atomic mass is 10.1. The number of furan rings is 1. The first-order valence-corrected chi connectivity index (χ1v) is 10.4. The van der Waals surface area contributed by atoms with Gasteiger partial charge in [0.1, 0.15) is 17.2 Å². The molecule has 1 heterocycles. The fourth-order valence-corrected chi connectivity index (χ4v) is 3.74. The van der Waals surface area contributed by atoms with Gasteiger partial charge in [0, 0.05) is 37.2 Å². The Morgan fingerprint density at radius 1 is 1.33 bits per heavy atom. The fraction of sp³-hybridized carbons (Fsp3) is 0.500. The van der Waals surface area contributed by atoms with E-state index in [1.165, 1.54) is 6.07 Å². The first-order chi connectivity index (χ1) is 14.5. The normalized spacial score (nSPS) is 20.1. The van der Waals surface area contributed by atoms with Gasteiger partial charge < -0.3 is 19.4 Å². The van der Waals surface area contributed by atoms with E-state index in [-0.39, 0.29) is 17.6 Å². The standard InChI is InChI=1S/C22H27N3O5/c1-14-11-18(14)21-8-6-17(30-21)13-24(16-4-5-16)22(26)15-3-7-19(23-9-10-29-2)20(12-15)25(27)28/h3,6-8,12,14,16,18,23H,4-5,9-11,13H2,1-2H3. The fourth-order valence-electron chi connectivity index (χ4n) is 3.74. The predicted octanol–water partition coefficient (Wildman–Crippen LogP) is 4.17. The van der Waals surface area contributed by atoms with Crippen LogP contribution in [0.1, 0.15) is 54.0 Å². The zero-order valence-electron chi connectivity index (χ0n) is 17.3. The highest BCUT2D eigenvalue weighted by molar-refractivity contribution is 5.96. The molecular weight excluding hydrogens is 386 g/mol. The van der Waals surface area contributed by atoms with Gasteiger partial charge in [-0.2, -0.15) is 0 Å². The van der Waals surface area contributed by atoms with Crippen molar-refractivity contribution >= 4 is 17.3 Å². The average Bonchev–Trinajstić information content (AvgIpc) is 3.65. The molecule has 2 atom stereocenters. The molecule has 1 N–H and O–H groups in total. The van der Waals surface area contributed by atoms with Crippen LogP contribution >= 0.6 is 0 Å². The molecule has 8 nitrogen and oxygen atoms in total. The number of hydrogen-bond acceptors (Lipinski definition) is 6. The van der Waals surface area contributed by atoms with Crippen LogP contribution in [-0.2, 0) is 11.3 Å². The third-order valence-electron chi connectivity index (χ3n) is 5.80. The van der Waals surface area contributed by atoms with Gasteiger partial charge >= 0.3 is 0 Å². The number of nitro groups is 1. The summed E-state index contributed by atoms with van der Waals surface area (Å²) in [5.41, 5.74) is 0.574. The van der Waals surface area contributed by atoms with Crippen molar-refractivity contribution in [3.8, 4) is 0 Å². The van der Waals surface area contributed by atoms with Gasteiger partial charge in [0.15, 0.2) is 0 Å². The minimum absolute atomic E-state index is 0.115. The molecule has 0 bridgehead atoms. The van der Waals surface area contributed by atoms with Crippen LogP contribution in [0.4, 0.5) is 11.4 Å². The van der Waals surface area contributed by atoms with Crippen LogP contribution in [0, 0.1) is 16.0 Å². The molecule has 2 aromatic rings. The molecule has 1 aromatic heterocycles. The number of rotatable bonds is 10. The summed E-state index contributed by atoms with van der Waals surface area (Å²) >= 11 is 0. The lowest BCUT2D eigenvalue weighted by molar-refractivity contribution is -0.384. The summed E-state index contributed by atoms with van der Waals surface area (Å²) < 4.78 is 11.0. The molecule has 2 saturated carbocycles. The Hall–Kier alpha value is -2.87. The van der Waals surface area contributed by atoms with Gasteiger partial charge in [0.2, 0.25) is 0 Å². The monoisotopic (exact) mass is 413 g/mol. The maximum Gasteiger partial charge on any atom is 0.293 e. The van der Waals surface area contributed by atoms with Crippen LogP contribution in [0.2, 0.25) is 0 Å². The van der Waals surface area contributed by atoms with E-state index in [1.807, 2.05) is 12.1 Å². The van der Waals surface area contributed by atoms with Gasteiger partial charge in [-0.25, -0.2) is 0 Å². The lowest BCUT2D eigenvalue weighted by Crippen LogP contribution is -2.32. The molecule has 0 aliphatic heterocycles. The molecule has 1 amide bonds. The topological polar surface area (TPSA) is 97.8 Å². The number of nitro benzene ring substituents is 1. The lowest BCUT2D eigenvalue weighted by Gasteiger charge is -2.21. The van der Waals surface area contributed by atoms with E-state index in [2.05, 4.69) is 12.2 Å². The highest BCUT2D eigenvalue weighted by atomic mass is 16.6. The Morgan fingerprint density at radius 3 is 2.73 bits per heavy atom. The van der Waals surface area contributed by atoms with Gasteiger partial charge in [0.05, 0.1) is 18.1 Å². The van der Waals surface area contributed by atoms with Gasteiger partial charge in [-0.15, -0.1) is 0 Å². The number of nitrogens with zero attached hydrogens (tertiary/aromatic N) is 2. The molecule has 2 fully saturated rings. The highest BCUT2D eigenvalue weighted by Gasteiger charge is 2.38. The molecule has 2 aliphatic rings. The third kappa shape index (κ3) is 4.48. The van der Waals surface area contributed by atoms with Crippen LogP contribution < -0.4 is 5.32 Å². The second-order valence-corrected chi connectivity index (χ2v) is 8.20.